The second kappa shape index (κ2) is 6.24. The first-order valence-electron chi connectivity index (χ1n) is 6.48. The summed E-state index contributed by atoms with van der Waals surface area (Å²) in [5, 5.41) is 16.3. The van der Waals surface area contributed by atoms with Crippen molar-refractivity contribution in [2.24, 2.45) is 5.92 Å². The second-order valence-corrected chi connectivity index (χ2v) is 5.54. The number of hydrogen-bond donors (Lipinski definition) is 2. The van der Waals surface area contributed by atoms with Crippen LogP contribution in [0, 0.1) is 5.92 Å². The molecule has 1 aromatic heterocycles. The Kier molecular flexibility index (Phi) is 4.66. The Morgan fingerprint density at radius 1 is 1.44 bits per heavy atom. The molecule has 1 aliphatic rings. The van der Waals surface area contributed by atoms with Crippen molar-refractivity contribution < 1.29 is 9.90 Å². The molecule has 1 heterocycles. The van der Waals surface area contributed by atoms with Gasteiger partial charge in [-0.1, -0.05) is 11.4 Å². The van der Waals surface area contributed by atoms with Gasteiger partial charge in [0.15, 0.2) is 0 Å². The quantitative estimate of drug-likeness (QED) is 0.866. The minimum atomic E-state index is -0.144. The van der Waals surface area contributed by atoms with E-state index >= 15 is 0 Å². The number of rotatable bonds is 4. The molecule has 1 amide bonds. The number of aliphatic hydroxyl groups excluding tert-OH is 1. The molecule has 100 valence electrons. The molecule has 1 aromatic rings. The third-order valence-electron chi connectivity index (χ3n) is 3.46. The number of aromatic nitrogens is 2. The fraction of sp³-hybridized carbons (Fsp3) is 0.750. The highest BCUT2D eigenvalue weighted by atomic mass is 32.1. The smallest absolute Gasteiger partial charge is 0.264 e. The molecule has 0 unspecified atom stereocenters. The lowest BCUT2D eigenvalue weighted by Crippen LogP contribution is -2.32. The number of carbonyl (C=O) groups excluding carboxylic acids is 1. The number of aliphatic hydroxyl groups is 1. The van der Waals surface area contributed by atoms with E-state index in [9.17, 15) is 9.90 Å². The summed E-state index contributed by atoms with van der Waals surface area (Å²) in [6.07, 6.45) is 4.27. The minimum Gasteiger partial charge on any atom is -0.393 e. The summed E-state index contributed by atoms with van der Waals surface area (Å²) in [6.45, 7) is 2.66. The average molecular weight is 269 g/mol. The van der Waals surface area contributed by atoms with E-state index in [4.69, 9.17) is 0 Å². The van der Waals surface area contributed by atoms with Crippen molar-refractivity contribution in [3.63, 3.8) is 0 Å². The van der Waals surface area contributed by atoms with Gasteiger partial charge in [-0.2, -0.15) is 0 Å². The number of amides is 1. The van der Waals surface area contributed by atoms with Crippen LogP contribution in [0.3, 0.4) is 0 Å². The van der Waals surface area contributed by atoms with Crippen molar-refractivity contribution in [2.45, 2.75) is 45.1 Å². The zero-order valence-electron chi connectivity index (χ0n) is 10.6. The van der Waals surface area contributed by atoms with Crippen molar-refractivity contribution >= 4 is 17.4 Å². The summed E-state index contributed by atoms with van der Waals surface area (Å²) in [5.74, 6) is 0.427. The Bertz CT molecular complexity index is 400. The van der Waals surface area contributed by atoms with Crippen LogP contribution >= 0.6 is 11.5 Å². The van der Waals surface area contributed by atoms with Gasteiger partial charge < -0.3 is 10.4 Å². The van der Waals surface area contributed by atoms with Gasteiger partial charge in [-0.15, -0.1) is 5.10 Å². The SMILES string of the molecule is CCc1nnsc1C(=O)NCC1CCC(O)CC1. The van der Waals surface area contributed by atoms with Crippen LogP contribution in [0.4, 0.5) is 0 Å². The number of hydrogen-bond acceptors (Lipinski definition) is 5. The van der Waals surface area contributed by atoms with Crippen molar-refractivity contribution in [2.75, 3.05) is 6.54 Å². The van der Waals surface area contributed by atoms with Gasteiger partial charge in [-0.3, -0.25) is 4.79 Å². The highest BCUT2D eigenvalue weighted by Gasteiger charge is 2.21. The lowest BCUT2D eigenvalue weighted by molar-refractivity contribution is 0.0913. The van der Waals surface area contributed by atoms with Crippen LogP contribution in [0.25, 0.3) is 0 Å². The van der Waals surface area contributed by atoms with Gasteiger partial charge >= 0.3 is 0 Å². The molecular weight excluding hydrogens is 250 g/mol. The summed E-state index contributed by atoms with van der Waals surface area (Å²) >= 11 is 1.16. The van der Waals surface area contributed by atoms with E-state index in [1.807, 2.05) is 6.92 Å². The first kappa shape index (κ1) is 13.4. The fourth-order valence-corrected chi connectivity index (χ4v) is 2.95. The summed E-state index contributed by atoms with van der Waals surface area (Å²) in [5.41, 5.74) is 0.775. The molecule has 0 atom stereocenters. The van der Waals surface area contributed by atoms with E-state index in [1.165, 1.54) is 0 Å². The van der Waals surface area contributed by atoms with E-state index in [2.05, 4.69) is 14.9 Å². The molecule has 1 fully saturated rings. The van der Waals surface area contributed by atoms with E-state index in [0.29, 0.717) is 17.3 Å². The molecule has 0 bridgehead atoms. The molecule has 1 saturated carbocycles. The molecule has 0 radical (unpaired) electrons. The van der Waals surface area contributed by atoms with E-state index in [0.717, 1.165) is 49.3 Å². The van der Waals surface area contributed by atoms with Crippen molar-refractivity contribution in [3.05, 3.63) is 10.6 Å². The van der Waals surface area contributed by atoms with E-state index < -0.39 is 0 Å². The summed E-state index contributed by atoms with van der Waals surface area (Å²) < 4.78 is 3.82. The molecule has 0 aromatic carbocycles. The van der Waals surface area contributed by atoms with Crippen LogP contribution < -0.4 is 5.32 Å². The predicted octanol–water partition coefficient (Wildman–Crippen LogP) is 1.38. The zero-order chi connectivity index (χ0) is 13.0. The Hall–Kier alpha value is -1.01. The number of aryl methyl sites for hydroxylation is 1. The Morgan fingerprint density at radius 3 is 2.83 bits per heavy atom. The van der Waals surface area contributed by atoms with Crippen molar-refractivity contribution in [1.29, 1.82) is 0 Å². The first-order valence-corrected chi connectivity index (χ1v) is 7.25. The molecule has 6 heteroatoms. The van der Waals surface area contributed by atoms with Gasteiger partial charge in [0.1, 0.15) is 4.88 Å². The maximum atomic E-state index is 12.0. The lowest BCUT2D eigenvalue weighted by Gasteiger charge is -2.25. The fourth-order valence-electron chi connectivity index (χ4n) is 2.28. The monoisotopic (exact) mass is 269 g/mol. The topological polar surface area (TPSA) is 75.1 Å². The van der Waals surface area contributed by atoms with Gasteiger partial charge in [0, 0.05) is 6.54 Å². The molecule has 0 spiro atoms. The third kappa shape index (κ3) is 3.26. The first-order chi connectivity index (χ1) is 8.70. The van der Waals surface area contributed by atoms with Crippen LogP contribution in [-0.4, -0.2) is 33.2 Å². The third-order valence-corrected chi connectivity index (χ3v) is 4.23. The number of nitrogens with one attached hydrogen (secondary N) is 1. The Balaban J connectivity index is 1.81. The van der Waals surface area contributed by atoms with Crippen molar-refractivity contribution in [3.8, 4) is 0 Å². The average Bonchev–Trinajstić information content (AvgIpc) is 2.86. The predicted molar refractivity (Wildman–Crippen MR) is 69.6 cm³/mol. The number of carbonyl (C=O) groups is 1. The number of nitrogens with zero attached hydrogens (tertiary/aromatic N) is 2. The summed E-state index contributed by atoms with van der Waals surface area (Å²) in [6, 6.07) is 0. The molecule has 5 nitrogen and oxygen atoms in total. The van der Waals surface area contributed by atoms with Crippen molar-refractivity contribution in [1.82, 2.24) is 14.9 Å². The van der Waals surface area contributed by atoms with E-state index in [-0.39, 0.29) is 12.0 Å². The molecule has 2 rings (SSSR count). The largest absolute Gasteiger partial charge is 0.393 e. The summed E-state index contributed by atoms with van der Waals surface area (Å²) in [7, 11) is 0. The van der Waals surface area contributed by atoms with Crippen LogP contribution in [-0.2, 0) is 6.42 Å². The van der Waals surface area contributed by atoms with Gasteiger partial charge in [0.2, 0.25) is 0 Å². The Labute approximate surface area is 111 Å². The maximum absolute atomic E-state index is 12.0. The summed E-state index contributed by atoms with van der Waals surface area (Å²) in [4.78, 5) is 12.6. The molecule has 2 N–H and O–H groups in total. The van der Waals surface area contributed by atoms with Gasteiger partial charge in [-0.25, -0.2) is 0 Å². The molecular formula is C12H19N3O2S. The molecule has 0 aliphatic heterocycles. The molecule has 1 aliphatic carbocycles. The highest BCUT2D eigenvalue weighted by molar-refractivity contribution is 7.08. The Morgan fingerprint density at radius 2 is 2.17 bits per heavy atom. The molecule has 0 saturated heterocycles. The minimum absolute atomic E-state index is 0.0621. The van der Waals surface area contributed by atoms with Crippen LogP contribution in [0.1, 0.15) is 48.0 Å². The highest BCUT2D eigenvalue weighted by Crippen LogP contribution is 2.23. The second-order valence-electron chi connectivity index (χ2n) is 4.79. The van der Waals surface area contributed by atoms with Crippen LogP contribution in [0.15, 0.2) is 0 Å². The van der Waals surface area contributed by atoms with Gasteiger partial charge in [-0.05, 0) is 49.6 Å². The lowest BCUT2D eigenvalue weighted by atomic mass is 9.87. The van der Waals surface area contributed by atoms with E-state index in [1.54, 1.807) is 0 Å². The zero-order valence-corrected chi connectivity index (χ0v) is 11.4. The van der Waals surface area contributed by atoms with Crippen LogP contribution in [0.5, 0.6) is 0 Å². The maximum Gasteiger partial charge on any atom is 0.264 e. The molecule has 18 heavy (non-hydrogen) atoms. The van der Waals surface area contributed by atoms with Crippen LogP contribution in [0.2, 0.25) is 0 Å². The normalized spacial score (nSPS) is 23.9. The standard InChI is InChI=1S/C12H19N3O2S/c1-2-10-11(18-15-14-10)12(17)13-7-8-3-5-9(16)6-4-8/h8-9,16H,2-7H2,1H3,(H,13,17). The van der Waals surface area contributed by atoms with Gasteiger partial charge in [0.25, 0.3) is 5.91 Å². The van der Waals surface area contributed by atoms with Gasteiger partial charge in [0.05, 0.1) is 11.8 Å².